The Balaban J connectivity index is 2.10. The monoisotopic (exact) mass is 360 g/mol. The zero-order chi connectivity index (χ0) is 15.5. The number of benzene rings is 2. The minimum absolute atomic E-state index is 0.160. The molecule has 0 N–H and O–H groups in total. The van der Waals surface area contributed by atoms with Crippen LogP contribution in [0, 0.1) is 0 Å². The molecule has 0 heterocycles. The summed E-state index contributed by atoms with van der Waals surface area (Å²) in [7, 11) is 1.56. The summed E-state index contributed by atoms with van der Waals surface area (Å²) in [4.78, 5) is 0. The van der Waals surface area contributed by atoms with Crippen LogP contribution < -0.4 is 9.47 Å². The Bertz CT molecular complexity index is 609. The molecule has 2 nitrogen and oxygen atoms in total. The van der Waals surface area contributed by atoms with Gasteiger partial charge in [-0.3, -0.25) is 0 Å². The number of halogens is 4. The average Bonchev–Trinajstić information content (AvgIpc) is 2.44. The summed E-state index contributed by atoms with van der Waals surface area (Å²) < 4.78 is 48.9. The van der Waals surface area contributed by atoms with Gasteiger partial charge in [-0.25, -0.2) is 0 Å². The van der Waals surface area contributed by atoms with Gasteiger partial charge >= 0.3 is 6.18 Å². The largest absolute Gasteiger partial charge is 0.497 e. The highest BCUT2D eigenvalue weighted by Crippen LogP contribution is 2.34. The second-order valence-electron chi connectivity index (χ2n) is 4.31. The van der Waals surface area contributed by atoms with E-state index in [1.165, 1.54) is 6.07 Å². The molecule has 112 valence electrons. The van der Waals surface area contributed by atoms with Crippen LogP contribution in [0.25, 0.3) is 0 Å². The van der Waals surface area contributed by atoms with Crippen LogP contribution >= 0.6 is 15.9 Å². The number of hydrogen-bond donors (Lipinski definition) is 0. The Labute approximate surface area is 128 Å². The van der Waals surface area contributed by atoms with E-state index in [0.717, 1.165) is 17.7 Å². The standard InChI is InChI=1S/C15H12BrF3O2/c1-20-13-4-2-10(3-5-13)9-21-14-7-11(15(17,18)19)6-12(16)8-14/h2-8H,9H2,1H3. The molecule has 2 aromatic carbocycles. The Morgan fingerprint density at radius 2 is 1.67 bits per heavy atom. The van der Waals surface area contributed by atoms with Gasteiger partial charge in [-0.05, 0) is 35.9 Å². The zero-order valence-corrected chi connectivity index (χ0v) is 12.7. The van der Waals surface area contributed by atoms with Gasteiger partial charge in [0.2, 0.25) is 0 Å². The SMILES string of the molecule is COc1ccc(COc2cc(Br)cc(C(F)(F)F)c2)cc1. The van der Waals surface area contributed by atoms with Crippen LogP contribution in [0.1, 0.15) is 11.1 Å². The first kappa shape index (κ1) is 15.7. The van der Waals surface area contributed by atoms with E-state index >= 15 is 0 Å². The van der Waals surface area contributed by atoms with Gasteiger partial charge in [0.05, 0.1) is 12.7 Å². The lowest BCUT2D eigenvalue weighted by molar-refractivity contribution is -0.137. The van der Waals surface area contributed by atoms with Crippen LogP contribution in [0.4, 0.5) is 13.2 Å². The fourth-order valence-electron chi connectivity index (χ4n) is 1.70. The predicted molar refractivity (Wildman–Crippen MR) is 76.5 cm³/mol. The van der Waals surface area contributed by atoms with E-state index in [1.54, 1.807) is 31.4 Å². The van der Waals surface area contributed by atoms with Crippen LogP contribution in [0.15, 0.2) is 46.9 Å². The fraction of sp³-hybridized carbons (Fsp3) is 0.200. The number of methoxy groups -OCH3 is 1. The molecule has 0 spiro atoms. The Hall–Kier alpha value is -1.69. The van der Waals surface area contributed by atoms with Gasteiger partial charge in [-0.1, -0.05) is 28.1 Å². The van der Waals surface area contributed by atoms with Gasteiger partial charge in [-0.15, -0.1) is 0 Å². The molecule has 0 aromatic heterocycles. The third kappa shape index (κ3) is 4.39. The second kappa shape index (κ2) is 6.39. The third-order valence-corrected chi connectivity index (χ3v) is 3.22. The van der Waals surface area contributed by atoms with Crippen molar-refractivity contribution in [1.29, 1.82) is 0 Å². The van der Waals surface area contributed by atoms with Gasteiger partial charge < -0.3 is 9.47 Å². The van der Waals surface area contributed by atoms with Crippen molar-refractivity contribution in [3.05, 3.63) is 58.1 Å². The van der Waals surface area contributed by atoms with E-state index in [2.05, 4.69) is 15.9 Å². The highest BCUT2D eigenvalue weighted by atomic mass is 79.9. The van der Waals surface area contributed by atoms with Crippen LogP contribution in [-0.4, -0.2) is 7.11 Å². The number of hydrogen-bond acceptors (Lipinski definition) is 2. The lowest BCUT2D eigenvalue weighted by atomic mass is 10.2. The molecule has 0 radical (unpaired) electrons. The maximum absolute atomic E-state index is 12.7. The van der Waals surface area contributed by atoms with E-state index in [4.69, 9.17) is 9.47 Å². The molecular weight excluding hydrogens is 349 g/mol. The first-order valence-corrected chi connectivity index (χ1v) is 6.81. The summed E-state index contributed by atoms with van der Waals surface area (Å²) in [6.45, 7) is 0.178. The summed E-state index contributed by atoms with van der Waals surface area (Å²) >= 11 is 3.05. The fourth-order valence-corrected chi connectivity index (χ4v) is 2.17. The van der Waals surface area contributed by atoms with Gasteiger partial charge in [0.15, 0.2) is 0 Å². The molecule has 2 rings (SSSR count). The van der Waals surface area contributed by atoms with Crippen molar-refractivity contribution in [2.75, 3.05) is 7.11 Å². The van der Waals surface area contributed by atoms with Crippen molar-refractivity contribution >= 4 is 15.9 Å². The van der Waals surface area contributed by atoms with Crippen LogP contribution in [-0.2, 0) is 12.8 Å². The smallest absolute Gasteiger partial charge is 0.416 e. The van der Waals surface area contributed by atoms with E-state index in [1.807, 2.05) is 0 Å². The molecular formula is C15H12BrF3O2. The van der Waals surface area contributed by atoms with Crippen molar-refractivity contribution in [1.82, 2.24) is 0 Å². The van der Waals surface area contributed by atoms with E-state index in [0.29, 0.717) is 10.2 Å². The molecule has 0 fully saturated rings. The summed E-state index contributed by atoms with van der Waals surface area (Å²) in [6.07, 6.45) is -4.40. The normalized spacial score (nSPS) is 11.3. The quantitative estimate of drug-likeness (QED) is 0.758. The number of rotatable bonds is 4. The molecule has 0 unspecified atom stereocenters. The zero-order valence-electron chi connectivity index (χ0n) is 11.1. The lowest BCUT2D eigenvalue weighted by Gasteiger charge is -2.11. The molecule has 2 aromatic rings. The van der Waals surface area contributed by atoms with Crippen LogP contribution in [0.2, 0.25) is 0 Å². The summed E-state index contributed by atoms with van der Waals surface area (Å²) in [5.41, 5.74) is 0.0888. The van der Waals surface area contributed by atoms with Gasteiger partial charge in [-0.2, -0.15) is 13.2 Å². The van der Waals surface area contributed by atoms with Crippen molar-refractivity contribution < 1.29 is 22.6 Å². The van der Waals surface area contributed by atoms with Crippen molar-refractivity contribution in [2.24, 2.45) is 0 Å². The second-order valence-corrected chi connectivity index (χ2v) is 5.23. The predicted octanol–water partition coefficient (Wildman–Crippen LogP) is 5.06. The number of ether oxygens (including phenoxy) is 2. The highest BCUT2D eigenvalue weighted by molar-refractivity contribution is 9.10. The first-order chi connectivity index (χ1) is 9.88. The molecule has 0 amide bonds. The van der Waals surface area contributed by atoms with Crippen molar-refractivity contribution in [3.8, 4) is 11.5 Å². The molecule has 21 heavy (non-hydrogen) atoms. The third-order valence-electron chi connectivity index (χ3n) is 2.76. The highest BCUT2D eigenvalue weighted by Gasteiger charge is 2.31. The topological polar surface area (TPSA) is 18.5 Å². The molecule has 0 aliphatic rings. The van der Waals surface area contributed by atoms with Gasteiger partial charge in [0, 0.05) is 4.47 Å². The first-order valence-electron chi connectivity index (χ1n) is 6.02. The molecule has 6 heteroatoms. The van der Waals surface area contributed by atoms with Crippen molar-refractivity contribution in [3.63, 3.8) is 0 Å². The molecule has 0 saturated heterocycles. The lowest BCUT2D eigenvalue weighted by Crippen LogP contribution is -2.05. The van der Waals surface area contributed by atoms with Gasteiger partial charge in [0.25, 0.3) is 0 Å². The Morgan fingerprint density at radius 3 is 2.24 bits per heavy atom. The van der Waals surface area contributed by atoms with Gasteiger partial charge in [0.1, 0.15) is 18.1 Å². The van der Waals surface area contributed by atoms with E-state index in [9.17, 15) is 13.2 Å². The van der Waals surface area contributed by atoms with E-state index in [-0.39, 0.29) is 12.4 Å². The van der Waals surface area contributed by atoms with Crippen LogP contribution in [0.3, 0.4) is 0 Å². The minimum atomic E-state index is -4.40. The Morgan fingerprint density at radius 1 is 1.00 bits per heavy atom. The molecule has 0 bridgehead atoms. The summed E-state index contributed by atoms with van der Waals surface area (Å²) in [5.74, 6) is 0.869. The molecule has 0 aliphatic heterocycles. The Kier molecular flexibility index (Phi) is 4.77. The average molecular weight is 361 g/mol. The maximum Gasteiger partial charge on any atom is 0.416 e. The molecule has 0 atom stereocenters. The molecule has 0 saturated carbocycles. The van der Waals surface area contributed by atoms with Crippen LogP contribution in [0.5, 0.6) is 11.5 Å². The number of alkyl halides is 3. The summed E-state index contributed by atoms with van der Waals surface area (Å²) in [5, 5.41) is 0. The summed E-state index contributed by atoms with van der Waals surface area (Å²) in [6, 6.07) is 10.6. The molecule has 0 aliphatic carbocycles. The van der Waals surface area contributed by atoms with E-state index < -0.39 is 11.7 Å². The van der Waals surface area contributed by atoms with Crippen molar-refractivity contribution in [2.45, 2.75) is 12.8 Å². The maximum atomic E-state index is 12.7. The minimum Gasteiger partial charge on any atom is -0.497 e.